The highest BCUT2D eigenvalue weighted by Crippen LogP contribution is 2.26. The van der Waals surface area contributed by atoms with Crippen molar-refractivity contribution in [3.63, 3.8) is 0 Å². The number of carbonyl (C=O) groups is 1. The van der Waals surface area contributed by atoms with E-state index in [4.69, 9.17) is 4.74 Å². The van der Waals surface area contributed by atoms with Gasteiger partial charge in [0.15, 0.2) is 0 Å². The predicted molar refractivity (Wildman–Crippen MR) is 51.4 cm³/mol. The molecule has 1 fully saturated rings. The standard InChI is InChI=1S/C10H19NO2/c1-7-5-8(6-7)11-9(12)10(2,3)13-4/h7-8H,5-6H2,1-4H3,(H,11,12). The first-order valence-corrected chi connectivity index (χ1v) is 4.82. The van der Waals surface area contributed by atoms with Crippen LogP contribution < -0.4 is 5.32 Å². The highest BCUT2D eigenvalue weighted by atomic mass is 16.5. The molecule has 13 heavy (non-hydrogen) atoms. The summed E-state index contributed by atoms with van der Waals surface area (Å²) in [5.74, 6) is 0.753. The lowest BCUT2D eigenvalue weighted by molar-refractivity contribution is -0.141. The molecule has 1 saturated carbocycles. The summed E-state index contributed by atoms with van der Waals surface area (Å²) in [5.41, 5.74) is -0.696. The quantitative estimate of drug-likeness (QED) is 0.720. The summed E-state index contributed by atoms with van der Waals surface area (Å²) in [5, 5.41) is 2.97. The fraction of sp³-hybridized carbons (Fsp3) is 0.900. The molecule has 0 radical (unpaired) electrons. The maximum atomic E-state index is 11.6. The van der Waals surface area contributed by atoms with Gasteiger partial charge in [0.1, 0.15) is 5.60 Å². The lowest BCUT2D eigenvalue weighted by Crippen LogP contribution is -2.51. The Morgan fingerprint density at radius 2 is 2.00 bits per heavy atom. The van der Waals surface area contributed by atoms with Gasteiger partial charge in [0, 0.05) is 13.2 Å². The number of methoxy groups -OCH3 is 1. The van der Waals surface area contributed by atoms with Gasteiger partial charge in [-0.2, -0.15) is 0 Å². The largest absolute Gasteiger partial charge is 0.369 e. The van der Waals surface area contributed by atoms with Gasteiger partial charge in [-0.15, -0.1) is 0 Å². The highest BCUT2D eigenvalue weighted by molar-refractivity contribution is 5.84. The van der Waals surface area contributed by atoms with Crippen molar-refractivity contribution in [2.45, 2.75) is 45.3 Å². The van der Waals surface area contributed by atoms with Crippen LogP contribution in [0.15, 0.2) is 0 Å². The minimum Gasteiger partial charge on any atom is -0.369 e. The molecular weight excluding hydrogens is 166 g/mol. The van der Waals surface area contributed by atoms with E-state index in [-0.39, 0.29) is 5.91 Å². The van der Waals surface area contributed by atoms with Crippen LogP contribution in [0.1, 0.15) is 33.6 Å². The molecule has 0 spiro atoms. The summed E-state index contributed by atoms with van der Waals surface area (Å²) in [6.45, 7) is 5.76. The minimum atomic E-state index is -0.696. The maximum absolute atomic E-state index is 11.6. The van der Waals surface area contributed by atoms with E-state index in [0.29, 0.717) is 6.04 Å². The molecule has 0 unspecified atom stereocenters. The first kappa shape index (κ1) is 10.5. The van der Waals surface area contributed by atoms with Crippen molar-refractivity contribution in [1.82, 2.24) is 5.32 Å². The summed E-state index contributed by atoms with van der Waals surface area (Å²) in [6, 6.07) is 0.372. The van der Waals surface area contributed by atoms with Gasteiger partial charge >= 0.3 is 0 Å². The Morgan fingerprint density at radius 1 is 1.46 bits per heavy atom. The van der Waals surface area contributed by atoms with E-state index in [1.165, 1.54) is 0 Å². The lowest BCUT2D eigenvalue weighted by Gasteiger charge is -2.35. The first-order valence-electron chi connectivity index (χ1n) is 4.82. The van der Waals surface area contributed by atoms with Crippen molar-refractivity contribution in [1.29, 1.82) is 0 Å². The third-order valence-electron chi connectivity index (χ3n) is 2.77. The molecule has 1 N–H and O–H groups in total. The monoisotopic (exact) mass is 185 g/mol. The number of carbonyl (C=O) groups excluding carboxylic acids is 1. The zero-order valence-corrected chi connectivity index (χ0v) is 8.89. The van der Waals surface area contributed by atoms with Crippen molar-refractivity contribution >= 4 is 5.91 Å². The fourth-order valence-corrected chi connectivity index (χ4v) is 1.47. The van der Waals surface area contributed by atoms with E-state index in [2.05, 4.69) is 12.2 Å². The van der Waals surface area contributed by atoms with Crippen LogP contribution >= 0.6 is 0 Å². The summed E-state index contributed by atoms with van der Waals surface area (Å²) in [7, 11) is 1.56. The Hall–Kier alpha value is -0.570. The van der Waals surface area contributed by atoms with E-state index >= 15 is 0 Å². The molecule has 76 valence electrons. The summed E-state index contributed by atoms with van der Waals surface area (Å²) < 4.78 is 5.08. The van der Waals surface area contributed by atoms with Gasteiger partial charge in [-0.3, -0.25) is 4.79 Å². The lowest BCUT2D eigenvalue weighted by atomic mass is 9.81. The summed E-state index contributed by atoms with van der Waals surface area (Å²) in [4.78, 5) is 11.6. The van der Waals surface area contributed by atoms with Crippen LogP contribution in [0.4, 0.5) is 0 Å². The summed E-state index contributed by atoms with van der Waals surface area (Å²) in [6.07, 6.45) is 2.21. The molecule has 0 aromatic carbocycles. The van der Waals surface area contributed by atoms with Gasteiger partial charge in [0.05, 0.1) is 0 Å². The van der Waals surface area contributed by atoms with Crippen LogP contribution in [0.2, 0.25) is 0 Å². The molecule has 1 amide bonds. The number of nitrogens with one attached hydrogen (secondary N) is 1. The average molecular weight is 185 g/mol. The van der Waals surface area contributed by atoms with Crippen molar-refractivity contribution in [2.75, 3.05) is 7.11 Å². The van der Waals surface area contributed by atoms with Crippen LogP contribution in [0.25, 0.3) is 0 Å². The molecule has 0 atom stereocenters. The number of hydrogen-bond acceptors (Lipinski definition) is 2. The van der Waals surface area contributed by atoms with Crippen LogP contribution in [-0.2, 0) is 9.53 Å². The Balaban J connectivity index is 2.33. The molecule has 0 aromatic heterocycles. The molecule has 1 aliphatic rings. The van der Waals surface area contributed by atoms with Crippen molar-refractivity contribution in [2.24, 2.45) is 5.92 Å². The molecule has 0 bridgehead atoms. The SMILES string of the molecule is COC(C)(C)C(=O)NC1CC(C)C1. The second-order valence-electron chi connectivity index (χ2n) is 4.46. The van der Waals surface area contributed by atoms with Crippen LogP contribution in [0.3, 0.4) is 0 Å². The molecule has 1 aliphatic carbocycles. The Morgan fingerprint density at radius 3 is 2.38 bits per heavy atom. The van der Waals surface area contributed by atoms with Crippen LogP contribution in [0, 0.1) is 5.92 Å². The maximum Gasteiger partial charge on any atom is 0.251 e. The second kappa shape index (κ2) is 3.66. The van der Waals surface area contributed by atoms with E-state index in [1.807, 2.05) is 0 Å². The fourth-order valence-electron chi connectivity index (χ4n) is 1.47. The van der Waals surface area contributed by atoms with E-state index in [1.54, 1.807) is 21.0 Å². The van der Waals surface area contributed by atoms with Gasteiger partial charge in [-0.05, 0) is 32.6 Å². The van der Waals surface area contributed by atoms with Gasteiger partial charge < -0.3 is 10.1 Å². The molecule has 0 aliphatic heterocycles. The van der Waals surface area contributed by atoms with Gasteiger partial charge in [0.25, 0.3) is 5.91 Å². The number of amides is 1. The Kier molecular flexibility index (Phi) is 2.96. The highest BCUT2D eigenvalue weighted by Gasteiger charge is 2.32. The average Bonchev–Trinajstić information content (AvgIpc) is 2.01. The number of ether oxygens (including phenoxy) is 1. The molecular formula is C10H19NO2. The third-order valence-corrected chi connectivity index (χ3v) is 2.77. The molecule has 3 nitrogen and oxygen atoms in total. The smallest absolute Gasteiger partial charge is 0.251 e. The summed E-state index contributed by atoms with van der Waals surface area (Å²) >= 11 is 0. The Labute approximate surface area is 79.8 Å². The molecule has 0 saturated heterocycles. The minimum absolute atomic E-state index is 0.00750. The zero-order valence-electron chi connectivity index (χ0n) is 8.89. The second-order valence-corrected chi connectivity index (χ2v) is 4.46. The van der Waals surface area contributed by atoms with Gasteiger partial charge in [0.2, 0.25) is 0 Å². The number of hydrogen-bond donors (Lipinski definition) is 1. The third kappa shape index (κ3) is 2.44. The normalized spacial score (nSPS) is 28.0. The van der Waals surface area contributed by atoms with Crippen molar-refractivity contribution in [3.05, 3.63) is 0 Å². The van der Waals surface area contributed by atoms with E-state index in [9.17, 15) is 4.79 Å². The van der Waals surface area contributed by atoms with E-state index in [0.717, 1.165) is 18.8 Å². The zero-order chi connectivity index (χ0) is 10.1. The molecule has 3 heteroatoms. The molecule has 0 aromatic rings. The molecule has 1 rings (SSSR count). The number of rotatable bonds is 3. The van der Waals surface area contributed by atoms with Crippen molar-refractivity contribution < 1.29 is 9.53 Å². The van der Waals surface area contributed by atoms with Crippen LogP contribution in [0.5, 0.6) is 0 Å². The Bertz CT molecular complexity index is 195. The van der Waals surface area contributed by atoms with Crippen molar-refractivity contribution in [3.8, 4) is 0 Å². The van der Waals surface area contributed by atoms with Gasteiger partial charge in [-0.25, -0.2) is 0 Å². The first-order chi connectivity index (χ1) is 5.95. The predicted octanol–water partition coefficient (Wildman–Crippen LogP) is 1.33. The topological polar surface area (TPSA) is 38.3 Å². The van der Waals surface area contributed by atoms with Gasteiger partial charge in [-0.1, -0.05) is 6.92 Å². The molecule has 0 heterocycles. The van der Waals surface area contributed by atoms with E-state index < -0.39 is 5.60 Å². The van der Waals surface area contributed by atoms with Crippen LogP contribution in [-0.4, -0.2) is 24.7 Å².